The molecule has 34 heavy (non-hydrogen) atoms. The molecular formula is C23H36N4O7. The van der Waals surface area contributed by atoms with Gasteiger partial charge >= 0.3 is 5.97 Å². The van der Waals surface area contributed by atoms with Gasteiger partial charge in [-0.05, 0) is 36.0 Å². The SMILES string of the molecule is CC(C)CC(N)C(=O)NC(CO)C(=O)NC(C(=O)NC(Cc1ccc(O)cc1)C(=O)O)C(C)C. The number of rotatable bonds is 13. The summed E-state index contributed by atoms with van der Waals surface area (Å²) >= 11 is 0. The molecule has 8 N–H and O–H groups in total. The maximum atomic E-state index is 12.8. The molecule has 0 radical (unpaired) electrons. The lowest BCUT2D eigenvalue weighted by molar-refractivity contribution is -0.142. The molecule has 4 atom stereocenters. The molecule has 0 aliphatic heterocycles. The highest BCUT2D eigenvalue weighted by Crippen LogP contribution is 2.12. The van der Waals surface area contributed by atoms with Gasteiger partial charge in [0.05, 0.1) is 12.6 Å². The van der Waals surface area contributed by atoms with E-state index in [1.807, 2.05) is 13.8 Å². The Morgan fingerprint density at radius 3 is 1.91 bits per heavy atom. The first-order chi connectivity index (χ1) is 15.8. The van der Waals surface area contributed by atoms with Gasteiger partial charge in [-0.1, -0.05) is 39.8 Å². The van der Waals surface area contributed by atoms with Crippen LogP contribution in [0.3, 0.4) is 0 Å². The van der Waals surface area contributed by atoms with Crippen LogP contribution < -0.4 is 21.7 Å². The van der Waals surface area contributed by atoms with Crippen molar-refractivity contribution in [2.24, 2.45) is 17.6 Å². The lowest BCUT2D eigenvalue weighted by atomic mass is 10.0. The number of aliphatic carboxylic acids is 1. The normalized spacial score (nSPS) is 14.7. The molecule has 0 spiro atoms. The van der Waals surface area contributed by atoms with Crippen LogP contribution in [0.2, 0.25) is 0 Å². The fourth-order valence-corrected chi connectivity index (χ4v) is 3.21. The van der Waals surface area contributed by atoms with Crippen LogP contribution in [0.4, 0.5) is 0 Å². The smallest absolute Gasteiger partial charge is 0.326 e. The van der Waals surface area contributed by atoms with Crippen LogP contribution in [0.1, 0.15) is 39.7 Å². The number of carbonyl (C=O) groups excluding carboxylic acids is 3. The van der Waals surface area contributed by atoms with Gasteiger partial charge in [0.1, 0.15) is 23.9 Å². The molecule has 0 bridgehead atoms. The Morgan fingerprint density at radius 1 is 0.882 bits per heavy atom. The van der Waals surface area contributed by atoms with Gasteiger partial charge in [-0.15, -0.1) is 0 Å². The Morgan fingerprint density at radius 2 is 1.44 bits per heavy atom. The number of carboxylic acids is 1. The van der Waals surface area contributed by atoms with Crippen LogP contribution in [0.25, 0.3) is 0 Å². The highest BCUT2D eigenvalue weighted by Gasteiger charge is 2.31. The number of aliphatic hydroxyl groups excluding tert-OH is 1. The standard InChI is InChI=1S/C23H36N4O7/c1-12(2)9-16(24)20(30)26-18(11-28)21(31)27-19(13(3)4)22(32)25-17(23(33)34)10-14-5-7-15(29)8-6-14/h5-8,12-13,16-19,28-29H,9-11,24H2,1-4H3,(H,25,32)(H,26,30)(H,27,31)(H,33,34). The molecule has 0 saturated carbocycles. The molecule has 190 valence electrons. The first-order valence-electron chi connectivity index (χ1n) is 11.1. The molecule has 0 aliphatic carbocycles. The van der Waals surface area contributed by atoms with E-state index in [1.165, 1.54) is 24.3 Å². The zero-order valence-corrected chi connectivity index (χ0v) is 19.9. The van der Waals surface area contributed by atoms with Crippen molar-refractivity contribution in [3.8, 4) is 5.75 Å². The second-order valence-electron chi connectivity index (χ2n) is 8.98. The predicted molar refractivity (Wildman–Crippen MR) is 125 cm³/mol. The number of hydrogen-bond donors (Lipinski definition) is 7. The maximum Gasteiger partial charge on any atom is 0.326 e. The molecule has 1 aromatic carbocycles. The topological polar surface area (TPSA) is 191 Å². The molecular weight excluding hydrogens is 444 g/mol. The molecule has 4 unspecified atom stereocenters. The number of phenols is 1. The highest BCUT2D eigenvalue weighted by molar-refractivity contribution is 5.94. The van der Waals surface area contributed by atoms with E-state index in [0.29, 0.717) is 12.0 Å². The van der Waals surface area contributed by atoms with Gasteiger partial charge < -0.3 is 37.0 Å². The number of aromatic hydroxyl groups is 1. The summed E-state index contributed by atoms with van der Waals surface area (Å²) in [4.78, 5) is 49.4. The Balaban J connectivity index is 2.86. The fourth-order valence-electron chi connectivity index (χ4n) is 3.21. The molecule has 3 amide bonds. The van der Waals surface area contributed by atoms with Crippen LogP contribution in [-0.4, -0.2) is 69.8 Å². The summed E-state index contributed by atoms with van der Waals surface area (Å²) in [5.74, 6) is -3.65. The van der Waals surface area contributed by atoms with Gasteiger partial charge in [0, 0.05) is 6.42 Å². The zero-order valence-electron chi connectivity index (χ0n) is 19.9. The number of aliphatic hydroxyl groups is 1. The molecule has 0 aliphatic rings. The summed E-state index contributed by atoms with van der Waals surface area (Å²) in [6, 6.07) is 1.30. The minimum atomic E-state index is -1.33. The quantitative estimate of drug-likeness (QED) is 0.196. The number of nitrogens with two attached hydrogens (primary N) is 1. The van der Waals surface area contributed by atoms with E-state index in [4.69, 9.17) is 5.73 Å². The molecule has 0 aromatic heterocycles. The molecule has 11 nitrogen and oxygen atoms in total. The van der Waals surface area contributed by atoms with Crippen molar-refractivity contribution >= 4 is 23.7 Å². The lowest BCUT2D eigenvalue weighted by Crippen LogP contribution is -2.59. The van der Waals surface area contributed by atoms with Gasteiger partial charge in [0.25, 0.3) is 0 Å². The number of amides is 3. The Bertz CT molecular complexity index is 842. The van der Waals surface area contributed by atoms with Crippen LogP contribution in [-0.2, 0) is 25.6 Å². The molecule has 0 fully saturated rings. The van der Waals surface area contributed by atoms with Crippen molar-refractivity contribution in [2.75, 3.05) is 6.61 Å². The van der Waals surface area contributed by atoms with Gasteiger partial charge in [-0.25, -0.2) is 4.79 Å². The van der Waals surface area contributed by atoms with Crippen molar-refractivity contribution in [3.05, 3.63) is 29.8 Å². The Kier molecular flexibility index (Phi) is 11.5. The average molecular weight is 481 g/mol. The lowest BCUT2D eigenvalue weighted by Gasteiger charge is -2.26. The summed E-state index contributed by atoms with van der Waals surface area (Å²) in [7, 11) is 0. The molecule has 1 aromatic rings. The highest BCUT2D eigenvalue weighted by atomic mass is 16.4. The van der Waals surface area contributed by atoms with Crippen molar-refractivity contribution in [1.82, 2.24) is 16.0 Å². The van der Waals surface area contributed by atoms with Crippen molar-refractivity contribution in [2.45, 2.75) is 64.7 Å². The third-order valence-electron chi connectivity index (χ3n) is 5.12. The molecule has 0 heterocycles. The second-order valence-corrected chi connectivity index (χ2v) is 8.98. The van der Waals surface area contributed by atoms with Crippen molar-refractivity contribution < 1.29 is 34.5 Å². The summed E-state index contributed by atoms with van der Waals surface area (Å²) in [6.45, 7) is 6.39. The van der Waals surface area contributed by atoms with Crippen molar-refractivity contribution in [3.63, 3.8) is 0 Å². The number of carbonyl (C=O) groups is 4. The Hall–Kier alpha value is -3.18. The molecule has 0 saturated heterocycles. The van der Waals surface area contributed by atoms with E-state index in [9.17, 15) is 34.5 Å². The molecule has 1 rings (SSSR count). The average Bonchev–Trinajstić information content (AvgIpc) is 2.75. The van der Waals surface area contributed by atoms with Crippen molar-refractivity contribution in [1.29, 1.82) is 0 Å². The van der Waals surface area contributed by atoms with E-state index in [0.717, 1.165) is 0 Å². The predicted octanol–water partition coefficient (Wildman–Crippen LogP) is -0.505. The van der Waals surface area contributed by atoms with Gasteiger partial charge in [-0.3, -0.25) is 14.4 Å². The van der Waals surface area contributed by atoms with Gasteiger partial charge in [0.2, 0.25) is 17.7 Å². The summed E-state index contributed by atoms with van der Waals surface area (Å²) < 4.78 is 0. The fraction of sp³-hybridized carbons (Fsp3) is 0.565. The number of benzene rings is 1. The van der Waals surface area contributed by atoms with Gasteiger partial charge in [0.15, 0.2) is 0 Å². The van der Waals surface area contributed by atoms with Crippen LogP contribution in [0, 0.1) is 11.8 Å². The van der Waals surface area contributed by atoms with Crippen LogP contribution >= 0.6 is 0 Å². The largest absolute Gasteiger partial charge is 0.508 e. The first kappa shape index (κ1) is 28.9. The zero-order chi connectivity index (χ0) is 26.0. The van der Waals surface area contributed by atoms with E-state index in [2.05, 4.69) is 16.0 Å². The van der Waals surface area contributed by atoms with E-state index >= 15 is 0 Å². The van der Waals surface area contributed by atoms with Crippen LogP contribution in [0.15, 0.2) is 24.3 Å². The van der Waals surface area contributed by atoms with E-state index < -0.39 is 60.4 Å². The third kappa shape index (κ3) is 9.36. The monoisotopic (exact) mass is 480 g/mol. The number of hydrogen-bond acceptors (Lipinski definition) is 7. The Labute approximate surface area is 199 Å². The van der Waals surface area contributed by atoms with Gasteiger partial charge in [-0.2, -0.15) is 0 Å². The second kappa shape index (κ2) is 13.5. The maximum absolute atomic E-state index is 12.8. The summed E-state index contributed by atoms with van der Waals surface area (Å²) in [5.41, 5.74) is 6.39. The number of carboxylic acid groups (broad SMARTS) is 1. The van der Waals surface area contributed by atoms with Crippen LogP contribution in [0.5, 0.6) is 5.75 Å². The first-order valence-corrected chi connectivity index (χ1v) is 11.1. The minimum Gasteiger partial charge on any atom is -0.508 e. The molecule has 11 heteroatoms. The minimum absolute atomic E-state index is 0.0259. The van der Waals surface area contributed by atoms with E-state index in [1.54, 1.807) is 13.8 Å². The summed E-state index contributed by atoms with van der Waals surface area (Å²) in [6.07, 6.45) is 0.351. The summed E-state index contributed by atoms with van der Waals surface area (Å²) in [5, 5.41) is 35.8. The van der Waals surface area contributed by atoms with E-state index in [-0.39, 0.29) is 18.1 Å². The number of phenolic OH excluding ortho intramolecular Hbond substituents is 1. The third-order valence-corrected chi connectivity index (χ3v) is 5.12. The number of nitrogens with one attached hydrogen (secondary N) is 3.